The van der Waals surface area contributed by atoms with E-state index in [0.717, 1.165) is 36.9 Å². The molecule has 1 saturated carbocycles. The Balaban J connectivity index is 2.05. The molecule has 0 unspecified atom stereocenters. The van der Waals surface area contributed by atoms with Crippen LogP contribution in [0.5, 0.6) is 0 Å². The normalized spacial score (nSPS) is 16.5. The molecule has 4 nitrogen and oxygen atoms in total. The van der Waals surface area contributed by atoms with E-state index in [1.807, 2.05) is 18.2 Å². The molecule has 0 heterocycles. The molecule has 0 bridgehead atoms. The molecule has 21 heavy (non-hydrogen) atoms. The molecular formula is C17H21NO3. The Labute approximate surface area is 124 Å². The van der Waals surface area contributed by atoms with Crippen molar-refractivity contribution in [3.05, 3.63) is 35.4 Å². The second kappa shape index (κ2) is 7.07. The topological polar surface area (TPSA) is 66.4 Å². The van der Waals surface area contributed by atoms with Crippen molar-refractivity contribution in [1.82, 2.24) is 0 Å². The molecule has 1 aromatic carbocycles. The lowest BCUT2D eigenvalue weighted by atomic mass is 9.88. The van der Waals surface area contributed by atoms with E-state index < -0.39 is 5.97 Å². The van der Waals surface area contributed by atoms with Gasteiger partial charge in [-0.1, -0.05) is 31.4 Å². The summed E-state index contributed by atoms with van der Waals surface area (Å²) in [6, 6.07) is 7.27. The zero-order valence-corrected chi connectivity index (χ0v) is 12.3. The third-order valence-electron chi connectivity index (χ3n) is 3.85. The Bertz CT molecular complexity index is 557. The molecule has 0 radical (unpaired) electrons. The standard InChI is InChI=1S/C17H21NO3/c1-12(17(20)21)10-13-6-5-9-15(11-13)18-16(19)14-7-3-2-4-8-14/h5-6,9-11,14H,2-4,7-8H2,1H3,(H,18,19)(H,20,21). The highest BCUT2D eigenvalue weighted by Gasteiger charge is 2.20. The molecule has 2 rings (SSSR count). The SMILES string of the molecule is CC(=Cc1cccc(NC(=O)C2CCCCC2)c1)C(=O)O. The van der Waals surface area contributed by atoms with Gasteiger partial charge in [-0.3, -0.25) is 4.79 Å². The molecule has 1 aromatic rings. The van der Waals surface area contributed by atoms with Crippen molar-refractivity contribution in [2.45, 2.75) is 39.0 Å². The van der Waals surface area contributed by atoms with Gasteiger partial charge in [-0.05, 0) is 43.5 Å². The van der Waals surface area contributed by atoms with Gasteiger partial charge in [-0.15, -0.1) is 0 Å². The number of carboxylic acids is 1. The summed E-state index contributed by atoms with van der Waals surface area (Å²) in [5.41, 5.74) is 1.76. The van der Waals surface area contributed by atoms with Gasteiger partial charge in [0.25, 0.3) is 0 Å². The van der Waals surface area contributed by atoms with Crippen LogP contribution in [-0.2, 0) is 9.59 Å². The molecule has 4 heteroatoms. The average molecular weight is 287 g/mol. The van der Waals surface area contributed by atoms with Crippen molar-refractivity contribution in [3.63, 3.8) is 0 Å². The first-order chi connectivity index (χ1) is 10.1. The summed E-state index contributed by atoms with van der Waals surface area (Å²) >= 11 is 0. The maximum Gasteiger partial charge on any atom is 0.331 e. The smallest absolute Gasteiger partial charge is 0.331 e. The maximum absolute atomic E-state index is 12.2. The number of aliphatic carboxylic acids is 1. The second-order valence-corrected chi connectivity index (χ2v) is 5.58. The Morgan fingerprint density at radius 1 is 1.24 bits per heavy atom. The number of carbonyl (C=O) groups is 2. The fourth-order valence-electron chi connectivity index (χ4n) is 2.63. The number of carbonyl (C=O) groups excluding carboxylic acids is 1. The van der Waals surface area contributed by atoms with Crippen LogP contribution in [0.4, 0.5) is 5.69 Å². The summed E-state index contributed by atoms with van der Waals surface area (Å²) in [7, 11) is 0. The second-order valence-electron chi connectivity index (χ2n) is 5.58. The molecule has 112 valence electrons. The Morgan fingerprint density at radius 3 is 2.62 bits per heavy atom. The maximum atomic E-state index is 12.2. The number of hydrogen-bond donors (Lipinski definition) is 2. The van der Waals surface area contributed by atoms with Crippen LogP contribution in [-0.4, -0.2) is 17.0 Å². The molecular weight excluding hydrogens is 266 g/mol. The van der Waals surface area contributed by atoms with Crippen LogP contribution in [0.1, 0.15) is 44.6 Å². The van der Waals surface area contributed by atoms with Gasteiger partial charge in [-0.2, -0.15) is 0 Å². The number of carboxylic acid groups (broad SMARTS) is 1. The Kier molecular flexibility index (Phi) is 5.14. The van der Waals surface area contributed by atoms with Crippen LogP contribution >= 0.6 is 0 Å². The molecule has 1 aliphatic carbocycles. The minimum absolute atomic E-state index is 0.0748. The molecule has 0 spiro atoms. The molecule has 1 aliphatic rings. The van der Waals surface area contributed by atoms with Crippen molar-refractivity contribution in [3.8, 4) is 0 Å². The fourth-order valence-corrected chi connectivity index (χ4v) is 2.63. The molecule has 0 aliphatic heterocycles. The fraction of sp³-hybridized carbons (Fsp3) is 0.412. The minimum atomic E-state index is -0.938. The number of nitrogens with one attached hydrogen (secondary N) is 1. The van der Waals surface area contributed by atoms with Crippen LogP contribution in [0.25, 0.3) is 6.08 Å². The van der Waals surface area contributed by atoms with E-state index in [-0.39, 0.29) is 17.4 Å². The zero-order valence-electron chi connectivity index (χ0n) is 12.3. The van der Waals surface area contributed by atoms with E-state index in [1.54, 1.807) is 19.1 Å². The van der Waals surface area contributed by atoms with Gasteiger partial charge in [0, 0.05) is 17.2 Å². The summed E-state index contributed by atoms with van der Waals surface area (Å²) in [5, 5.41) is 11.8. The molecule has 0 aromatic heterocycles. The van der Waals surface area contributed by atoms with E-state index in [4.69, 9.17) is 5.11 Å². The Morgan fingerprint density at radius 2 is 1.95 bits per heavy atom. The molecule has 1 amide bonds. The largest absolute Gasteiger partial charge is 0.478 e. The molecule has 0 saturated heterocycles. The minimum Gasteiger partial charge on any atom is -0.478 e. The van der Waals surface area contributed by atoms with Crippen molar-refractivity contribution in [2.24, 2.45) is 5.92 Å². The van der Waals surface area contributed by atoms with Gasteiger partial charge in [0.05, 0.1) is 0 Å². The van der Waals surface area contributed by atoms with Crippen LogP contribution in [0.2, 0.25) is 0 Å². The Hall–Kier alpha value is -2.10. The number of rotatable bonds is 4. The third kappa shape index (κ3) is 4.45. The monoisotopic (exact) mass is 287 g/mol. The lowest BCUT2D eigenvalue weighted by Gasteiger charge is -2.20. The van der Waals surface area contributed by atoms with E-state index in [1.165, 1.54) is 6.42 Å². The summed E-state index contributed by atoms with van der Waals surface area (Å²) < 4.78 is 0. The molecule has 2 N–H and O–H groups in total. The first-order valence-electron chi connectivity index (χ1n) is 7.39. The zero-order chi connectivity index (χ0) is 15.2. The highest BCUT2D eigenvalue weighted by Crippen LogP contribution is 2.25. The van der Waals surface area contributed by atoms with E-state index in [0.29, 0.717) is 0 Å². The molecule has 0 atom stereocenters. The highest BCUT2D eigenvalue weighted by atomic mass is 16.4. The van der Waals surface area contributed by atoms with Gasteiger partial charge in [0.15, 0.2) is 0 Å². The highest BCUT2D eigenvalue weighted by molar-refractivity contribution is 5.94. The van der Waals surface area contributed by atoms with E-state index >= 15 is 0 Å². The summed E-state index contributed by atoms with van der Waals surface area (Å²) in [5.74, 6) is -0.754. The van der Waals surface area contributed by atoms with Crippen LogP contribution in [0.3, 0.4) is 0 Å². The van der Waals surface area contributed by atoms with Crippen LogP contribution in [0.15, 0.2) is 29.8 Å². The average Bonchev–Trinajstić information content (AvgIpc) is 2.48. The van der Waals surface area contributed by atoms with E-state index in [9.17, 15) is 9.59 Å². The van der Waals surface area contributed by atoms with Gasteiger partial charge in [-0.25, -0.2) is 4.79 Å². The van der Waals surface area contributed by atoms with Gasteiger partial charge < -0.3 is 10.4 Å². The lowest BCUT2D eigenvalue weighted by molar-refractivity contribution is -0.132. The van der Waals surface area contributed by atoms with E-state index in [2.05, 4.69) is 5.32 Å². The van der Waals surface area contributed by atoms with Gasteiger partial charge in [0.1, 0.15) is 0 Å². The number of anilines is 1. The third-order valence-corrected chi connectivity index (χ3v) is 3.85. The van der Waals surface area contributed by atoms with Gasteiger partial charge in [0.2, 0.25) is 5.91 Å². The van der Waals surface area contributed by atoms with Crippen molar-refractivity contribution in [2.75, 3.05) is 5.32 Å². The number of amides is 1. The van der Waals surface area contributed by atoms with Crippen molar-refractivity contribution in [1.29, 1.82) is 0 Å². The van der Waals surface area contributed by atoms with Crippen molar-refractivity contribution >= 4 is 23.6 Å². The predicted molar refractivity (Wildman–Crippen MR) is 82.9 cm³/mol. The number of benzene rings is 1. The number of hydrogen-bond acceptors (Lipinski definition) is 2. The van der Waals surface area contributed by atoms with Gasteiger partial charge >= 0.3 is 5.97 Å². The predicted octanol–water partition coefficient (Wildman–Crippen LogP) is 3.69. The van der Waals surface area contributed by atoms with Crippen LogP contribution in [0, 0.1) is 5.92 Å². The first-order valence-corrected chi connectivity index (χ1v) is 7.39. The summed E-state index contributed by atoms with van der Waals surface area (Å²) in [6.07, 6.45) is 6.99. The molecule has 1 fully saturated rings. The first kappa shape index (κ1) is 15.3. The quantitative estimate of drug-likeness (QED) is 0.830. The summed E-state index contributed by atoms with van der Waals surface area (Å²) in [6.45, 7) is 1.55. The van der Waals surface area contributed by atoms with Crippen LogP contribution < -0.4 is 5.32 Å². The lowest BCUT2D eigenvalue weighted by Crippen LogP contribution is -2.24. The summed E-state index contributed by atoms with van der Waals surface area (Å²) in [4.78, 5) is 23.0. The van der Waals surface area contributed by atoms with Crippen molar-refractivity contribution < 1.29 is 14.7 Å².